The van der Waals surface area contributed by atoms with Gasteiger partial charge in [-0.15, -0.1) is 0 Å². The lowest BCUT2D eigenvalue weighted by atomic mass is 10.1. The molecule has 0 saturated heterocycles. The average molecular weight is 239 g/mol. The Balaban J connectivity index is 2.02. The summed E-state index contributed by atoms with van der Waals surface area (Å²) in [4.78, 5) is 4.32. The minimum Gasteiger partial charge on any atom is -0.334 e. The molecule has 0 amide bonds. The lowest BCUT2D eigenvalue weighted by Crippen LogP contribution is -2.03. The number of rotatable bonds is 3. The molecule has 0 aliphatic carbocycles. The quantitative estimate of drug-likeness (QED) is 0.762. The molecule has 90 valence electrons. The van der Waals surface area contributed by atoms with Crippen molar-refractivity contribution in [1.29, 1.82) is 0 Å². The fourth-order valence-corrected chi connectivity index (χ4v) is 1.92. The van der Waals surface area contributed by atoms with E-state index in [1.165, 1.54) is 5.39 Å². The molecule has 0 radical (unpaired) electrons. The van der Waals surface area contributed by atoms with Crippen molar-refractivity contribution in [2.75, 3.05) is 6.54 Å². The second-order valence-electron chi connectivity index (χ2n) is 4.12. The molecule has 2 aromatic carbocycles. The first-order valence-corrected chi connectivity index (χ1v) is 5.88. The van der Waals surface area contributed by atoms with Crippen LogP contribution in [0.4, 0.5) is 0 Å². The molecule has 18 heavy (non-hydrogen) atoms. The van der Waals surface area contributed by atoms with Crippen molar-refractivity contribution in [2.24, 2.45) is 5.73 Å². The van der Waals surface area contributed by atoms with Crippen LogP contribution < -0.4 is 5.73 Å². The number of hydrogen-bond acceptors (Lipinski definition) is 4. The zero-order valence-corrected chi connectivity index (χ0v) is 9.84. The average Bonchev–Trinajstić information content (AvgIpc) is 2.87. The van der Waals surface area contributed by atoms with Crippen molar-refractivity contribution in [3.63, 3.8) is 0 Å². The van der Waals surface area contributed by atoms with Crippen LogP contribution in [0.1, 0.15) is 5.82 Å². The number of nitrogens with two attached hydrogens (primary N) is 1. The van der Waals surface area contributed by atoms with Crippen molar-refractivity contribution in [3.05, 3.63) is 48.3 Å². The highest BCUT2D eigenvalue weighted by Gasteiger charge is 2.08. The van der Waals surface area contributed by atoms with E-state index in [2.05, 4.69) is 34.4 Å². The van der Waals surface area contributed by atoms with E-state index in [4.69, 9.17) is 10.3 Å². The first kappa shape index (κ1) is 10.9. The molecule has 0 saturated carbocycles. The van der Waals surface area contributed by atoms with Crippen molar-refractivity contribution in [3.8, 4) is 11.5 Å². The van der Waals surface area contributed by atoms with Gasteiger partial charge in [0.25, 0.3) is 5.89 Å². The maximum Gasteiger partial charge on any atom is 0.257 e. The highest BCUT2D eigenvalue weighted by atomic mass is 16.5. The van der Waals surface area contributed by atoms with Crippen LogP contribution in [0.15, 0.2) is 47.0 Å². The molecule has 4 nitrogen and oxygen atoms in total. The molecule has 1 heterocycles. The maximum atomic E-state index is 5.46. The third kappa shape index (κ3) is 1.98. The van der Waals surface area contributed by atoms with Gasteiger partial charge in [0.2, 0.25) is 0 Å². The summed E-state index contributed by atoms with van der Waals surface area (Å²) in [5.41, 5.74) is 6.40. The topological polar surface area (TPSA) is 64.9 Å². The van der Waals surface area contributed by atoms with Crippen LogP contribution in [0, 0.1) is 0 Å². The SMILES string of the molecule is NCCc1noc(-c2ccc3ccccc3c2)n1. The summed E-state index contributed by atoms with van der Waals surface area (Å²) in [6.45, 7) is 0.524. The van der Waals surface area contributed by atoms with Gasteiger partial charge in [0.05, 0.1) is 0 Å². The monoisotopic (exact) mass is 239 g/mol. The van der Waals surface area contributed by atoms with E-state index in [-0.39, 0.29) is 0 Å². The summed E-state index contributed by atoms with van der Waals surface area (Å²) in [6.07, 6.45) is 0.636. The van der Waals surface area contributed by atoms with Crippen LogP contribution >= 0.6 is 0 Å². The lowest BCUT2D eigenvalue weighted by Gasteiger charge is -1.98. The highest BCUT2D eigenvalue weighted by molar-refractivity contribution is 5.86. The summed E-state index contributed by atoms with van der Waals surface area (Å²) >= 11 is 0. The van der Waals surface area contributed by atoms with Gasteiger partial charge in [0.1, 0.15) is 0 Å². The van der Waals surface area contributed by atoms with Crippen LogP contribution in [0.2, 0.25) is 0 Å². The van der Waals surface area contributed by atoms with E-state index in [1.54, 1.807) is 0 Å². The molecular formula is C14H13N3O. The standard InChI is InChI=1S/C14H13N3O/c15-8-7-13-16-14(18-17-13)12-6-5-10-3-1-2-4-11(10)9-12/h1-6,9H,7-8,15H2. The molecule has 0 bridgehead atoms. The van der Waals surface area contributed by atoms with Crippen molar-refractivity contribution in [2.45, 2.75) is 6.42 Å². The molecular weight excluding hydrogens is 226 g/mol. The van der Waals surface area contributed by atoms with Crippen LogP contribution in [0.25, 0.3) is 22.2 Å². The molecule has 0 unspecified atom stereocenters. The molecule has 2 N–H and O–H groups in total. The molecule has 1 aromatic heterocycles. The summed E-state index contributed by atoms with van der Waals surface area (Å²) in [7, 11) is 0. The lowest BCUT2D eigenvalue weighted by molar-refractivity contribution is 0.422. The predicted molar refractivity (Wildman–Crippen MR) is 70.0 cm³/mol. The van der Waals surface area contributed by atoms with Crippen LogP contribution in [-0.4, -0.2) is 16.7 Å². The smallest absolute Gasteiger partial charge is 0.257 e. The molecule has 0 fully saturated rings. The van der Waals surface area contributed by atoms with E-state index in [1.807, 2.05) is 18.2 Å². The molecule has 0 atom stereocenters. The Morgan fingerprint density at radius 3 is 2.72 bits per heavy atom. The van der Waals surface area contributed by atoms with E-state index >= 15 is 0 Å². The van der Waals surface area contributed by atoms with Crippen LogP contribution in [-0.2, 0) is 6.42 Å². The Morgan fingerprint density at radius 1 is 1.06 bits per heavy atom. The Hall–Kier alpha value is -2.20. The first-order chi connectivity index (χ1) is 8.86. The predicted octanol–water partition coefficient (Wildman–Crippen LogP) is 2.39. The van der Waals surface area contributed by atoms with Crippen molar-refractivity contribution in [1.82, 2.24) is 10.1 Å². The summed E-state index contributed by atoms with van der Waals surface area (Å²) < 4.78 is 5.24. The maximum absolute atomic E-state index is 5.46. The molecule has 0 aliphatic heterocycles. The molecule has 3 rings (SSSR count). The number of hydrogen-bond donors (Lipinski definition) is 1. The zero-order valence-electron chi connectivity index (χ0n) is 9.84. The Labute approximate surface area is 104 Å². The minimum absolute atomic E-state index is 0.524. The second kappa shape index (κ2) is 4.58. The first-order valence-electron chi connectivity index (χ1n) is 5.88. The molecule has 0 spiro atoms. The van der Waals surface area contributed by atoms with Gasteiger partial charge in [-0.25, -0.2) is 0 Å². The van der Waals surface area contributed by atoms with Gasteiger partial charge >= 0.3 is 0 Å². The Bertz CT molecular complexity index is 675. The van der Waals surface area contributed by atoms with Gasteiger partial charge in [-0.05, 0) is 29.4 Å². The number of fused-ring (bicyclic) bond motifs is 1. The van der Waals surface area contributed by atoms with Gasteiger partial charge in [-0.1, -0.05) is 35.5 Å². The van der Waals surface area contributed by atoms with Gasteiger partial charge in [-0.2, -0.15) is 4.98 Å². The number of benzene rings is 2. The van der Waals surface area contributed by atoms with E-state index in [0.717, 1.165) is 10.9 Å². The minimum atomic E-state index is 0.524. The van der Waals surface area contributed by atoms with Gasteiger partial charge in [-0.3, -0.25) is 0 Å². The summed E-state index contributed by atoms with van der Waals surface area (Å²) in [5.74, 6) is 1.20. The fraction of sp³-hybridized carbons (Fsp3) is 0.143. The van der Waals surface area contributed by atoms with Gasteiger partial charge in [0, 0.05) is 12.0 Å². The third-order valence-corrected chi connectivity index (χ3v) is 2.83. The summed E-state index contributed by atoms with van der Waals surface area (Å²) in [5, 5.41) is 6.25. The Kier molecular flexibility index (Phi) is 2.78. The number of nitrogens with zero attached hydrogens (tertiary/aromatic N) is 2. The molecule has 3 aromatic rings. The number of aromatic nitrogens is 2. The van der Waals surface area contributed by atoms with Crippen LogP contribution in [0.5, 0.6) is 0 Å². The highest BCUT2D eigenvalue weighted by Crippen LogP contribution is 2.23. The van der Waals surface area contributed by atoms with Crippen molar-refractivity contribution >= 4 is 10.8 Å². The van der Waals surface area contributed by atoms with Crippen molar-refractivity contribution < 1.29 is 4.52 Å². The summed E-state index contributed by atoms with van der Waals surface area (Å²) in [6, 6.07) is 14.3. The molecule has 0 aliphatic rings. The molecule has 4 heteroatoms. The Morgan fingerprint density at radius 2 is 1.89 bits per heavy atom. The van der Waals surface area contributed by atoms with Gasteiger partial charge in [0.15, 0.2) is 5.82 Å². The largest absolute Gasteiger partial charge is 0.334 e. The van der Waals surface area contributed by atoms with E-state index in [9.17, 15) is 0 Å². The van der Waals surface area contributed by atoms with E-state index in [0.29, 0.717) is 24.7 Å². The van der Waals surface area contributed by atoms with Crippen LogP contribution in [0.3, 0.4) is 0 Å². The van der Waals surface area contributed by atoms with E-state index < -0.39 is 0 Å². The normalized spacial score (nSPS) is 10.9. The third-order valence-electron chi connectivity index (χ3n) is 2.83. The fourth-order valence-electron chi connectivity index (χ4n) is 1.92. The second-order valence-corrected chi connectivity index (χ2v) is 4.12. The zero-order chi connectivity index (χ0) is 12.4. The van der Waals surface area contributed by atoms with Gasteiger partial charge < -0.3 is 10.3 Å².